The Morgan fingerprint density at radius 3 is 2.65 bits per heavy atom. The lowest BCUT2D eigenvalue weighted by Crippen LogP contribution is -2.54. The normalized spacial score (nSPS) is 25.5. The first-order valence-corrected chi connectivity index (χ1v) is 9.05. The van der Waals surface area contributed by atoms with Gasteiger partial charge in [-0.3, -0.25) is 4.90 Å². The second-order valence-electron chi connectivity index (χ2n) is 8.04. The van der Waals surface area contributed by atoms with Crippen molar-refractivity contribution < 1.29 is 4.39 Å². The summed E-state index contributed by atoms with van der Waals surface area (Å²) in [5.74, 6) is -0.102. The summed E-state index contributed by atoms with van der Waals surface area (Å²) < 4.78 is 14.5. The molecule has 2 fully saturated rings. The van der Waals surface area contributed by atoms with E-state index >= 15 is 0 Å². The van der Waals surface area contributed by atoms with E-state index in [0.717, 1.165) is 43.0 Å². The van der Waals surface area contributed by atoms with Crippen LogP contribution in [0.3, 0.4) is 0 Å². The number of fused-ring (bicyclic) bond motifs is 1. The molecule has 2 heterocycles. The fraction of sp³-hybridized carbons (Fsp3) is 0.632. The molecule has 2 unspecified atom stereocenters. The van der Waals surface area contributed by atoms with Gasteiger partial charge in [0.1, 0.15) is 5.82 Å². The number of benzene rings is 1. The third kappa shape index (κ3) is 3.58. The van der Waals surface area contributed by atoms with E-state index in [1.165, 1.54) is 6.42 Å². The van der Waals surface area contributed by atoms with Crippen LogP contribution in [0.5, 0.6) is 0 Å². The summed E-state index contributed by atoms with van der Waals surface area (Å²) in [6, 6.07) is 7.67. The molecule has 23 heavy (non-hydrogen) atoms. The molecule has 2 aliphatic rings. The number of thiocarbonyl (C=S) groups is 1. The quantitative estimate of drug-likeness (QED) is 0.740. The van der Waals surface area contributed by atoms with Crippen LogP contribution in [0.2, 0.25) is 0 Å². The van der Waals surface area contributed by atoms with Crippen molar-refractivity contribution in [2.75, 3.05) is 19.6 Å². The number of halogens is 1. The second kappa shape index (κ2) is 6.48. The Labute approximate surface area is 144 Å². The monoisotopic (exact) mass is 334 g/mol. The minimum Gasteiger partial charge on any atom is -0.356 e. The maximum absolute atomic E-state index is 14.5. The van der Waals surface area contributed by atoms with Crippen molar-refractivity contribution in [3.8, 4) is 0 Å². The first-order chi connectivity index (χ1) is 10.9. The molecule has 0 radical (unpaired) electrons. The minimum atomic E-state index is -0.102. The van der Waals surface area contributed by atoms with Gasteiger partial charge in [-0.2, -0.15) is 0 Å². The Morgan fingerprint density at radius 1 is 1.22 bits per heavy atom. The highest BCUT2D eigenvalue weighted by atomic mass is 32.1. The molecule has 0 spiro atoms. The van der Waals surface area contributed by atoms with Crippen molar-refractivity contribution >= 4 is 17.2 Å². The summed E-state index contributed by atoms with van der Waals surface area (Å²) in [7, 11) is 0. The maximum Gasteiger partial charge on any atom is 0.128 e. The molecule has 0 N–H and O–H groups in total. The van der Waals surface area contributed by atoms with Gasteiger partial charge in [0.25, 0.3) is 0 Å². The van der Waals surface area contributed by atoms with E-state index in [2.05, 4.69) is 30.6 Å². The maximum atomic E-state index is 14.5. The van der Waals surface area contributed by atoms with Crippen LogP contribution in [0.15, 0.2) is 24.3 Å². The van der Waals surface area contributed by atoms with Gasteiger partial charge >= 0.3 is 0 Å². The molecule has 2 aliphatic heterocycles. The van der Waals surface area contributed by atoms with Crippen molar-refractivity contribution in [3.63, 3.8) is 0 Å². The van der Waals surface area contributed by atoms with E-state index in [-0.39, 0.29) is 17.3 Å². The lowest BCUT2D eigenvalue weighted by molar-refractivity contribution is 0.0875. The van der Waals surface area contributed by atoms with Crippen molar-refractivity contribution in [2.24, 2.45) is 5.41 Å². The predicted molar refractivity (Wildman–Crippen MR) is 97.1 cm³/mol. The largest absolute Gasteiger partial charge is 0.356 e. The van der Waals surface area contributed by atoms with Crippen LogP contribution in [0.4, 0.5) is 4.39 Å². The Hall–Kier alpha value is -1.00. The average Bonchev–Trinajstić information content (AvgIpc) is 2.93. The molecule has 4 heteroatoms. The molecule has 2 nitrogen and oxygen atoms in total. The molecule has 2 atom stereocenters. The van der Waals surface area contributed by atoms with Crippen molar-refractivity contribution in [1.29, 1.82) is 0 Å². The van der Waals surface area contributed by atoms with E-state index < -0.39 is 0 Å². The van der Waals surface area contributed by atoms with Crippen LogP contribution in [0, 0.1) is 11.2 Å². The fourth-order valence-corrected chi connectivity index (χ4v) is 4.63. The summed E-state index contributed by atoms with van der Waals surface area (Å²) in [6.45, 7) is 9.72. The Kier molecular flexibility index (Phi) is 4.75. The summed E-state index contributed by atoms with van der Waals surface area (Å²) in [5, 5.41) is 0. The second-order valence-corrected chi connectivity index (χ2v) is 8.51. The number of rotatable bonds is 2. The van der Waals surface area contributed by atoms with Crippen LogP contribution in [-0.2, 0) is 0 Å². The molecule has 1 aromatic rings. The highest BCUT2D eigenvalue weighted by Crippen LogP contribution is 2.39. The summed E-state index contributed by atoms with van der Waals surface area (Å²) >= 11 is 5.79. The van der Waals surface area contributed by atoms with E-state index in [9.17, 15) is 4.39 Å². The van der Waals surface area contributed by atoms with Gasteiger partial charge in [0, 0.05) is 31.1 Å². The van der Waals surface area contributed by atoms with Gasteiger partial charge in [-0.05, 0) is 30.9 Å². The molecule has 1 aromatic carbocycles. The van der Waals surface area contributed by atoms with Crippen LogP contribution in [0.1, 0.15) is 51.6 Å². The molecule has 0 bridgehead atoms. The molecule has 2 saturated heterocycles. The van der Waals surface area contributed by atoms with Gasteiger partial charge in [0.05, 0.1) is 11.0 Å². The van der Waals surface area contributed by atoms with Gasteiger partial charge < -0.3 is 4.90 Å². The van der Waals surface area contributed by atoms with Crippen LogP contribution in [-0.4, -0.2) is 40.5 Å². The lowest BCUT2D eigenvalue weighted by atomic mass is 9.89. The number of piperazine rings is 1. The SMILES string of the molecule is CC(C)(C)CC(=S)N1CCN2CCCC2C1c1ccccc1F. The third-order valence-corrected chi connectivity index (χ3v) is 5.35. The standard InChI is InChI=1S/C19H27FN2S/c1-19(2,3)13-17(23)22-12-11-21-10-6-9-16(21)18(22)14-7-4-5-8-15(14)20/h4-5,7-8,16,18H,6,9-13H2,1-3H3. The predicted octanol–water partition coefficient (Wildman–Crippen LogP) is 4.41. The van der Waals surface area contributed by atoms with E-state index in [0.29, 0.717) is 6.04 Å². The molecule has 126 valence electrons. The van der Waals surface area contributed by atoms with Gasteiger partial charge in [-0.15, -0.1) is 0 Å². The number of hydrogen-bond acceptors (Lipinski definition) is 2. The molecular weight excluding hydrogens is 307 g/mol. The molecule has 0 amide bonds. The smallest absolute Gasteiger partial charge is 0.128 e. The minimum absolute atomic E-state index is 0.0577. The zero-order valence-corrected chi connectivity index (χ0v) is 15.2. The Balaban J connectivity index is 1.94. The van der Waals surface area contributed by atoms with Gasteiger partial charge in [0.15, 0.2) is 0 Å². The third-order valence-electron chi connectivity index (χ3n) is 4.97. The summed E-state index contributed by atoms with van der Waals surface area (Å²) in [6.07, 6.45) is 3.21. The molecule has 0 aromatic heterocycles. The topological polar surface area (TPSA) is 6.48 Å². The number of hydrogen-bond donors (Lipinski definition) is 0. The first-order valence-electron chi connectivity index (χ1n) is 8.65. The van der Waals surface area contributed by atoms with Crippen molar-refractivity contribution in [2.45, 2.75) is 52.1 Å². The van der Waals surface area contributed by atoms with Crippen LogP contribution < -0.4 is 0 Å². The fourth-order valence-electron chi connectivity index (χ4n) is 4.00. The molecular formula is C19H27FN2S. The zero-order valence-electron chi connectivity index (χ0n) is 14.4. The van der Waals surface area contributed by atoms with Gasteiger partial charge in [0.2, 0.25) is 0 Å². The van der Waals surface area contributed by atoms with E-state index in [1.54, 1.807) is 12.1 Å². The highest BCUT2D eigenvalue weighted by Gasteiger charge is 2.42. The average molecular weight is 335 g/mol. The van der Waals surface area contributed by atoms with Gasteiger partial charge in [-0.25, -0.2) is 4.39 Å². The molecule has 3 rings (SSSR count). The van der Waals surface area contributed by atoms with E-state index in [1.807, 2.05) is 12.1 Å². The summed E-state index contributed by atoms with van der Waals surface area (Å²) in [4.78, 5) is 5.82. The van der Waals surface area contributed by atoms with Crippen LogP contribution >= 0.6 is 12.2 Å². The number of nitrogens with zero attached hydrogens (tertiary/aromatic N) is 2. The highest BCUT2D eigenvalue weighted by molar-refractivity contribution is 7.80. The Morgan fingerprint density at radius 2 is 1.96 bits per heavy atom. The summed E-state index contributed by atoms with van der Waals surface area (Å²) in [5.41, 5.74) is 0.962. The van der Waals surface area contributed by atoms with Crippen molar-refractivity contribution in [3.05, 3.63) is 35.6 Å². The molecule has 0 aliphatic carbocycles. The first kappa shape index (κ1) is 16.8. The van der Waals surface area contributed by atoms with Crippen molar-refractivity contribution in [1.82, 2.24) is 9.80 Å². The zero-order chi connectivity index (χ0) is 16.6. The van der Waals surface area contributed by atoms with Gasteiger partial charge in [-0.1, -0.05) is 51.2 Å². The Bertz CT molecular complexity index is 581. The van der Waals surface area contributed by atoms with Crippen LogP contribution in [0.25, 0.3) is 0 Å². The molecule has 0 saturated carbocycles. The lowest BCUT2D eigenvalue weighted by Gasteiger charge is -2.47. The van der Waals surface area contributed by atoms with E-state index in [4.69, 9.17) is 12.2 Å².